The minimum absolute atomic E-state index is 0.150. The van der Waals surface area contributed by atoms with Crippen LogP contribution in [0.4, 0.5) is 0 Å². The molecular weight excluding hydrogens is 190 g/mol. The molecule has 0 saturated heterocycles. The van der Waals surface area contributed by atoms with Crippen LogP contribution in [-0.4, -0.2) is 19.4 Å². The lowest BCUT2D eigenvalue weighted by Gasteiger charge is -2.29. The topological polar surface area (TPSA) is 30.5 Å². The van der Waals surface area contributed by atoms with E-state index in [0.29, 0.717) is 12.8 Å². The molecule has 0 aromatic carbocycles. The molecule has 2 aliphatic rings. The predicted octanol–water partition coefficient (Wildman–Crippen LogP) is 2.17. The molecule has 84 valence electrons. The van der Waals surface area contributed by atoms with E-state index in [4.69, 9.17) is 9.47 Å². The molecule has 0 fully saturated rings. The summed E-state index contributed by atoms with van der Waals surface area (Å²) < 4.78 is 10.8. The van der Waals surface area contributed by atoms with Crippen LogP contribution in [0.15, 0.2) is 23.7 Å². The first-order valence-corrected chi connectivity index (χ1v) is 5.50. The Morgan fingerprint density at radius 2 is 2.27 bits per heavy atom. The third kappa shape index (κ3) is 2.34. The van der Waals surface area contributed by atoms with Crippen molar-refractivity contribution >= 4 is 0 Å². The molecule has 0 aromatic rings. The number of allylic oxidation sites excluding steroid dienone is 2. The highest BCUT2D eigenvalue weighted by atomic mass is 16.7. The molecule has 0 spiro atoms. The molecule has 1 N–H and O–H groups in total. The molecule has 0 saturated carbocycles. The molecule has 0 radical (unpaired) electrons. The first-order chi connectivity index (χ1) is 7.09. The summed E-state index contributed by atoms with van der Waals surface area (Å²) in [5.74, 6) is 1.92. The van der Waals surface area contributed by atoms with Crippen molar-refractivity contribution in [3.05, 3.63) is 23.7 Å². The zero-order chi connectivity index (χ0) is 10.9. The maximum absolute atomic E-state index is 5.44. The molecule has 1 unspecified atom stereocenters. The molecule has 1 aliphatic carbocycles. The summed E-state index contributed by atoms with van der Waals surface area (Å²) in [5.41, 5.74) is 0.150. The van der Waals surface area contributed by atoms with Crippen molar-refractivity contribution in [2.45, 2.75) is 33.2 Å². The summed E-state index contributed by atoms with van der Waals surface area (Å²) >= 11 is 0. The molecule has 2 rings (SSSR count). The van der Waals surface area contributed by atoms with Crippen LogP contribution >= 0.6 is 0 Å². The maximum Gasteiger partial charge on any atom is 0.230 e. The van der Waals surface area contributed by atoms with Crippen LogP contribution in [-0.2, 0) is 9.47 Å². The van der Waals surface area contributed by atoms with Crippen molar-refractivity contribution in [2.24, 2.45) is 5.41 Å². The second-order valence-electron chi connectivity index (χ2n) is 4.89. The first kappa shape index (κ1) is 10.6. The lowest BCUT2D eigenvalue weighted by molar-refractivity contribution is 0.0698. The summed E-state index contributed by atoms with van der Waals surface area (Å²) in [6.07, 6.45) is 5.18. The summed E-state index contributed by atoms with van der Waals surface area (Å²) in [6, 6.07) is 0.520. The van der Waals surface area contributed by atoms with Crippen LogP contribution in [0.1, 0.15) is 27.2 Å². The van der Waals surface area contributed by atoms with Crippen molar-refractivity contribution in [3.63, 3.8) is 0 Å². The van der Waals surface area contributed by atoms with Gasteiger partial charge in [0.15, 0.2) is 5.76 Å². The number of hydrogen-bond acceptors (Lipinski definition) is 3. The maximum atomic E-state index is 5.44. The molecule has 0 bridgehead atoms. The zero-order valence-corrected chi connectivity index (χ0v) is 9.67. The van der Waals surface area contributed by atoms with E-state index in [1.165, 1.54) is 0 Å². The number of rotatable bonds is 3. The molecule has 3 nitrogen and oxygen atoms in total. The fourth-order valence-electron chi connectivity index (χ4n) is 1.86. The monoisotopic (exact) mass is 209 g/mol. The van der Waals surface area contributed by atoms with E-state index < -0.39 is 0 Å². The summed E-state index contributed by atoms with van der Waals surface area (Å²) in [6.45, 7) is 7.92. The smallest absolute Gasteiger partial charge is 0.230 e. The minimum Gasteiger partial charge on any atom is -0.458 e. The van der Waals surface area contributed by atoms with Crippen molar-refractivity contribution < 1.29 is 9.47 Å². The van der Waals surface area contributed by atoms with E-state index in [0.717, 1.165) is 24.5 Å². The highest BCUT2D eigenvalue weighted by Crippen LogP contribution is 2.36. The minimum atomic E-state index is 0.150. The van der Waals surface area contributed by atoms with E-state index in [9.17, 15) is 0 Å². The number of ether oxygens (including phenoxy) is 2. The Morgan fingerprint density at radius 1 is 1.47 bits per heavy atom. The highest BCUT2D eigenvalue weighted by Gasteiger charge is 2.31. The van der Waals surface area contributed by atoms with Crippen molar-refractivity contribution in [2.75, 3.05) is 13.3 Å². The largest absolute Gasteiger partial charge is 0.458 e. The van der Waals surface area contributed by atoms with Gasteiger partial charge in [-0.2, -0.15) is 0 Å². The predicted molar refractivity (Wildman–Crippen MR) is 59.1 cm³/mol. The van der Waals surface area contributed by atoms with Gasteiger partial charge in [0.05, 0.1) is 0 Å². The first-order valence-electron chi connectivity index (χ1n) is 5.50. The number of hydrogen-bond donors (Lipinski definition) is 1. The van der Waals surface area contributed by atoms with Gasteiger partial charge in [-0.3, -0.25) is 0 Å². The quantitative estimate of drug-likeness (QED) is 0.772. The molecule has 1 atom stereocenters. The molecular formula is C12H19NO2. The average Bonchev–Trinajstić information content (AvgIpc) is 2.62. The van der Waals surface area contributed by atoms with Crippen LogP contribution < -0.4 is 5.32 Å². The van der Waals surface area contributed by atoms with Crippen molar-refractivity contribution in [3.8, 4) is 0 Å². The standard InChI is InChI=1S/C12H19NO2/c1-9(2)13-7-12(3)5-4-10-11(6-12)15-8-14-10/h4-5,9,13H,6-8H2,1-3H3. The van der Waals surface area contributed by atoms with Gasteiger partial charge in [-0.15, -0.1) is 0 Å². The van der Waals surface area contributed by atoms with Gasteiger partial charge in [-0.25, -0.2) is 0 Å². The summed E-state index contributed by atoms with van der Waals surface area (Å²) in [7, 11) is 0. The van der Waals surface area contributed by atoms with Crippen molar-refractivity contribution in [1.82, 2.24) is 5.32 Å². The van der Waals surface area contributed by atoms with Gasteiger partial charge >= 0.3 is 0 Å². The highest BCUT2D eigenvalue weighted by molar-refractivity contribution is 5.27. The number of nitrogens with one attached hydrogen (secondary N) is 1. The van der Waals surface area contributed by atoms with Crippen molar-refractivity contribution in [1.29, 1.82) is 0 Å². The Balaban J connectivity index is 1.98. The Kier molecular flexibility index (Phi) is 2.74. The second-order valence-corrected chi connectivity index (χ2v) is 4.89. The van der Waals surface area contributed by atoms with Gasteiger partial charge in [0.1, 0.15) is 5.76 Å². The van der Waals surface area contributed by atoms with Gasteiger partial charge in [0.2, 0.25) is 6.79 Å². The van der Waals surface area contributed by atoms with Crippen LogP contribution in [0.3, 0.4) is 0 Å². The second kappa shape index (κ2) is 3.89. The van der Waals surface area contributed by atoms with Crippen LogP contribution in [0, 0.1) is 5.41 Å². The summed E-state index contributed by atoms with van der Waals surface area (Å²) in [5, 5.41) is 3.47. The van der Waals surface area contributed by atoms with Gasteiger partial charge in [0.25, 0.3) is 0 Å². The Morgan fingerprint density at radius 3 is 3.00 bits per heavy atom. The SMILES string of the molecule is CC(C)NCC1(C)C=CC2=C(C1)OCO2. The Hall–Kier alpha value is -0.960. The van der Waals surface area contributed by atoms with Gasteiger partial charge in [0, 0.05) is 24.4 Å². The Bertz CT molecular complexity index is 307. The summed E-state index contributed by atoms with van der Waals surface area (Å²) in [4.78, 5) is 0. The average molecular weight is 209 g/mol. The molecule has 1 heterocycles. The Labute approximate surface area is 91.1 Å². The normalized spacial score (nSPS) is 29.1. The fourth-order valence-corrected chi connectivity index (χ4v) is 1.86. The van der Waals surface area contributed by atoms with Gasteiger partial charge in [-0.05, 0) is 6.08 Å². The molecule has 0 amide bonds. The molecule has 15 heavy (non-hydrogen) atoms. The van der Waals surface area contributed by atoms with E-state index in [-0.39, 0.29) is 5.41 Å². The van der Waals surface area contributed by atoms with Gasteiger partial charge in [-0.1, -0.05) is 26.8 Å². The van der Waals surface area contributed by atoms with Crippen LogP contribution in [0.2, 0.25) is 0 Å². The van der Waals surface area contributed by atoms with E-state index in [1.54, 1.807) is 0 Å². The third-order valence-electron chi connectivity index (χ3n) is 2.84. The molecule has 1 aliphatic heterocycles. The van der Waals surface area contributed by atoms with E-state index in [2.05, 4.69) is 32.2 Å². The fraction of sp³-hybridized carbons (Fsp3) is 0.667. The lowest BCUT2D eigenvalue weighted by atomic mass is 9.82. The van der Waals surface area contributed by atoms with Gasteiger partial charge < -0.3 is 14.8 Å². The van der Waals surface area contributed by atoms with E-state index in [1.807, 2.05) is 6.08 Å². The lowest BCUT2D eigenvalue weighted by Crippen LogP contribution is -2.35. The zero-order valence-electron chi connectivity index (χ0n) is 9.67. The molecule has 0 aromatic heterocycles. The van der Waals surface area contributed by atoms with Crippen LogP contribution in [0.5, 0.6) is 0 Å². The van der Waals surface area contributed by atoms with E-state index >= 15 is 0 Å². The van der Waals surface area contributed by atoms with Crippen LogP contribution in [0.25, 0.3) is 0 Å². The molecule has 3 heteroatoms. The third-order valence-corrected chi connectivity index (χ3v) is 2.84.